The molecule has 34 heavy (non-hydrogen) atoms. The van der Waals surface area contributed by atoms with E-state index < -0.39 is 11.9 Å². The number of benzene rings is 1. The van der Waals surface area contributed by atoms with Gasteiger partial charge in [-0.25, -0.2) is 4.79 Å². The highest BCUT2D eigenvalue weighted by molar-refractivity contribution is 6.00. The molecular formula is C25H33N5O4. The van der Waals surface area contributed by atoms with Gasteiger partial charge in [0.25, 0.3) is 0 Å². The molecule has 0 radical (unpaired) electrons. The fourth-order valence-electron chi connectivity index (χ4n) is 6.06. The molecular weight excluding hydrogens is 434 g/mol. The summed E-state index contributed by atoms with van der Waals surface area (Å²) >= 11 is 0. The van der Waals surface area contributed by atoms with Crippen LogP contribution in [0.3, 0.4) is 0 Å². The number of nitrogens with one attached hydrogen (secondary N) is 1. The third-order valence-electron chi connectivity index (χ3n) is 8.00. The summed E-state index contributed by atoms with van der Waals surface area (Å²) in [6.07, 6.45) is 5.77. The van der Waals surface area contributed by atoms with Gasteiger partial charge in [0.2, 0.25) is 18.2 Å². The Kier molecular flexibility index (Phi) is 6.29. The van der Waals surface area contributed by atoms with Gasteiger partial charge in [-0.15, -0.1) is 0 Å². The molecule has 0 spiro atoms. The molecule has 1 aromatic heterocycles. The van der Waals surface area contributed by atoms with E-state index in [4.69, 9.17) is 0 Å². The number of likely N-dealkylation sites (tertiary alicyclic amines) is 2. The Morgan fingerprint density at radius 2 is 1.74 bits per heavy atom. The number of carbonyl (C=O) groups excluding carboxylic acids is 3. The summed E-state index contributed by atoms with van der Waals surface area (Å²) in [7, 11) is 1.78. The number of para-hydroxylation sites is 1. The van der Waals surface area contributed by atoms with E-state index in [9.17, 15) is 19.2 Å². The van der Waals surface area contributed by atoms with Crippen molar-refractivity contribution in [2.24, 2.45) is 13.0 Å². The second kappa shape index (κ2) is 9.37. The van der Waals surface area contributed by atoms with Crippen LogP contribution in [0, 0.1) is 5.92 Å². The molecule has 0 aliphatic carbocycles. The predicted molar refractivity (Wildman–Crippen MR) is 127 cm³/mol. The zero-order valence-corrected chi connectivity index (χ0v) is 19.7. The number of imidazole rings is 1. The highest BCUT2D eigenvalue weighted by Gasteiger charge is 2.33. The van der Waals surface area contributed by atoms with Gasteiger partial charge in [0, 0.05) is 33.1 Å². The standard InChI is InChI=1S/C25H33N5O4/c1-27-23-19(18-9-13-28(14-10-18)15-17-7-11-29(16-31)12-8-17)3-2-4-20(23)30(25(27)34)21-5-6-22(32)26-24(21)33/h2-4,16-18,21H,5-15H2,1H3,(H,26,32,33). The third-order valence-corrected chi connectivity index (χ3v) is 8.00. The maximum atomic E-state index is 13.2. The van der Waals surface area contributed by atoms with E-state index in [1.807, 2.05) is 17.0 Å². The maximum Gasteiger partial charge on any atom is 0.329 e. The molecule has 3 fully saturated rings. The molecule has 1 N–H and O–H groups in total. The molecule has 5 rings (SSSR count). The first-order valence-electron chi connectivity index (χ1n) is 12.4. The average molecular weight is 468 g/mol. The van der Waals surface area contributed by atoms with E-state index in [1.165, 1.54) is 5.56 Å². The maximum absolute atomic E-state index is 13.2. The molecule has 1 unspecified atom stereocenters. The normalized spacial score (nSPS) is 23.4. The fraction of sp³-hybridized carbons (Fsp3) is 0.600. The second-order valence-corrected chi connectivity index (χ2v) is 10.1. The number of aryl methyl sites for hydroxylation is 1. The SMILES string of the molecule is Cn1c(=O)n(C2CCC(=O)NC2=O)c2cccc(C3CCN(CC4CCN(C=O)CC4)CC3)c21. The van der Waals surface area contributed by atoms with Crippen molar-refractivity contribution >= 4 is 29.3 Å². The van der Waals surface area contributed by atoms with Crippen LogP contribution in [0.2, 0.25) is 0 Å². The fourth-order valence-corrected chi connectivity index (χ4v) is 6.06. The van der Waals surface area contributed by atoms with Gasteiger partial charge < -0.3 is 9.80 Å². The van der Waals surface area contributed by atoms with Crippen LogP contribution in [0.4, 0.5) is 0 Å². The first-order valence-corrected chi connectivity index (χ1v) is 12.4. The quantitative estimate of drug-likeness (QED) is 0.529. The monoisotopic (exact) mass is 467 g/mol. The van der Waals surface area contributed by atoms with Gasteiger partial charge in [-0.2, -0.15) is 0 Å². The van der Waals surface area contributed by atoms with Crippen molar-refractivity contribution in [3.05, 3.63) is 34.2 Å². The number of aromatic nitrogens is 2. The summed E-state index contributed by atoms with van der Waals surface area (Å²) in [4.78, 5) is 52.7. The topological polar surface area (TPSA) is 96.6 Å². The number of fused-ring (bicyclic) bond motifs is 1. The number of rotatable bonds is 5. The summed E-state index contributed by atoms with van der Waals surface area (Å²) in [5.41, 5.74) is 2.62. The van der Waals surface area contributed by atoms with Crippen molar-refractivity contribution in [2.75, 3.05) is 32.7 Å². The van der Waals surface area contributed by atoms with Crippen LogP contribution in [0.1, 0.15) is 56.0 Å². The molecule has 0 saturated carbocycles. The van der Waals surface area contributed by atoms with E-state index >= 15 is 0 Å². The number of hydrogen-bond acceptors (Lipinski definition) is 5. The van der Waals surface area contributed by atoms with E-state index in [0.717, 1.165) is 75.9 Å². The number of carbonyl (C=O) groups is 3. The minimum absolute atomic E-state index is 0.212. The van der Waals surface area contributed by atoms with Gasteiger partial charge in [0.05, 0.1) is 11.0 Å². The van der Waals surface area contributed by atoms with Crippen LogP contribution >= 0.6 is 0 Å². The number of amides is 3. The Morgan fingerprint density at radius 1 is 1.00 bits per heavy atom. The van der Waals surface area contributed by atoms with Crippen LogP contribution in [-0.2, 0) is 21.4 Å². The van der Waals surface area contributed by atoms with E-state index in [0.29, 0.717) is 18.3 Å². The Morgan fingerprint density at radius 3 is 2.41 bits per heavy atom. The van der Waals surface area contributed by atoms with Crippen molar-refractivity contribution in [3.8, 4) is 0 Å². The summed E-state index contributed by atoms with van der Waals surface area (Å²) in [6, 6.07) is 5.35. The van der Waals surface area contributed by atoms with Gasteiger partial charge >= 0.3 is 5.69 Å². The number of nitrogens with zero attached hydrogens (tertiary/aromatic N) is 4. The molecule has 9 nitrogen and oxygen atoms in total. The molecule has 4 heterocycles. The highest BCUT2D eigenvalue weighted by atomic mass is 16.2. The van der Waals surface area contributed by atoms with Crippen molar-refractivity contribution in [2.45, 2.75) is 50.5 Å². The largest absolute Gasteiger partial charge is 0.345 e. The molecule has 1 atom stereocenters. The molecule has 2 aromatic rings. The van der Waals surface area contributed by atoms with Crippen molar-refractivity contribution in [1.29, 1.82) is 0 Å². The van der Waals surface area contributed by atoms with Gasteiger partial charge in [0.15, 0.2) is 0 Å². The Balaban J connectivity index is 1.32. The van der Waals surface area contributed by atoms with Crippen LogP contribution in [0.25, 0.3) is 11.0 Å². The molecule has 3 saturated heterocycles. The Bertz CT molecular complexity index is 1150. The molecule has 0 bridgehead atoms. The summed E-state index contributed by atoms with van der Waals surface area (Å²) in [5.74, 6) is 0.333. The highest BCUT2D eigenvalue weighted by Crippen LogP contribution is 2.34. The second-order valence-electron chi connectivity index (χ2n) is 10.1. The van der Waals surface area contributed by atoms with E-state index in [-0.39, 0.29) is 18.0 Å². The van der Waals surface area contributed by atoms with Crippen molar-refractivity contribution in [1.82, 2.24) is 24.3 Å². The first kappa shape index (κ1) is 22.8. The Hall–Kier alpha value is -2.94. The minimum Gasteiger partial charge on any atom is -0.345 e. The van der Waals surface area contributed by atoms with Gasteiger partial charge in [-0.1, -0.05) is 12.1 Å². The molecule has 1 aromatic carbocycles. The van der Waals surface area contributed by atoms with Crippen LogP contribution in [0.15, 0.2) is 23.0 Å². The molecule has 182 valence electrons. The summed E-state index contributed by atoms with van der Waals surface area (Å²) in [6.45, 7) is 4.87. The van der Waals surface area contributed by atoms with Gasteiger partial charge in [-0.3, -0.25) is 28.8 Å². The molecule has 3 aliphatic heterocycles. The third kappa shape index (κ3) is 4.17. The smallest absolute Gasteiger partial charge is 0.329 e. The van der Waals surface area contributed by atoms with E-state index in [1.54, 1.807) is 16.2 Å². The molecule has 3 aliphatic rings. The number of piperidine rings is 3. The van der Waals surface area contributed by atoms with Crippen LogP contribution in [-0.4, -0.2) is 69.9 Å². The zero-order chi connectivity index (χ0) is 23.8. The molecule has 3 amide bonds. The average Bonchev–Trinajstić information content (AvgIpc) is 3.10. The Labute approximate surface area is 198 Å². The number of hydrogen-bond donors (Lipinski definition) is 1. The number of imide groups is 1. The van der Waals surface area contributed by atoms with E-state index in [2.05, 4.69) is 16.3 Å². The lowest BCUT2D eigenvalue weighted by Crippen LogP contribution is -2.44. The van der Waals surface area contributed by atoms with Gasteiger partial charge in [0.1, 0.15) is 6.04 Å². The summed E-state index contributed by atoms with van der Waals surface area (Å²) in [5, 5.41) is 2.38. The lowest BCUT2D eigenvalue weighted by atomic mass is 9.87. The molecule has 9 heteroatoms. The van der Waals surface area contributed by atoms with Crippen molar-refractivity contribution in [3.63, 3.8) is 0 Å². The first-order chi connectivity index (χ1) is 16.5. The lowest BCUT2D eigenvalue weighted by molar-refractivity contribution is -0.135. The lowest BCUT2D eigenvalue weighted by Gasteiger charge is -2.37. The van der Waals surface area contributed by atoms with Gasteiger partial charge in [-0.05, 0) is 68.7 Å². The zero-order valence-electron chi connectivity index (χ0n) is 19.7. The predicted octanol–water partition coefficient (Wildman–Crippen LogP) is 1.37. The van der Waals surface area contributed by atoms with Crippen LogP contribution < -0.4 is 11.0 Å². The summed E-state index contributed by atoms with van der Waals surface area (Å²) < 4.78 is 3.24. The van der Waals surface area contributed by atoms with Crippen molar-refractivity contribution < 1.29 is 14.4 Å². The van der Waals surface area contributed by atoms with Crippen LogP contribution in [0.5, 0.6) is 0 Å². The minimum atomic E-state index is -0.656.